The number of hydrogen-bond acceptors (Lipinski definition) is 5. The molecule has 1 aromatic heterocycles. The number of carboxylic acid groups (broad SMARTS) is 2. The van der Waals surface area contributed by atoms with E-state index in [1.807, 2.05) is 11.3 Å². The van der Waals surface area contributed by atoms with E-state index in [1.54, 1.807) is 24.3 Å². The summed E-state index contributed by atoms with van der Waals surface area (Å²) in [4.78, 5) is 34.3. The van der Waals surface area contributed by atoms with Crippen molar-refractivity contribution in [3.05, 3.63) is 56.7 Å². The van der Waals surface area contributed by atoms with Gasteiger partial charge in [-0.1, -0.05) is 17.7 Å². The number of nitrogens with zero attached hydrogens (tertiary/aromatic N) is 1. The molecule has 2 heterocycles. The molecule has 0 radical (unpaired) electrons. The van der Waals surface area contributed by atoms with Crippen LogP contribution in [0.1, 0.15) is 40.7 Å². The number of carboxylic acids is 2. The van der Waals surface area contributed by atoms with Crippen molar-refractivity contribution in [3.8, 4) is 0 Å². The van der Waals surface area contributed by atoms with Crippen LogP contribution in [0.15, 0.2) is 35.7 Å². The molecule has 2 aromatic rings. The highest BCUT2D eigenvalue weighted by Gasteiger charge is 2.29. The van der Waals surface area contributed by atoms with Crippen molar-refractivity contribution in [2.24, 2.45) is 0 Å². The van der Waals surface area contributed by atoms with E-state index < -0.39 is 11.9 Å². The lowest BCUT2D eigenvalue weighted by Gasteiger charge is -2.38. The van der Waals surface area contributed by atoms with E-state index in [2.05, 4.69) is 35.5 Å². The second kappa shape index (κ2) is 10.4. The summed E-state index contributed by atoms with van der Waals surface area (Å²) in [7, 11) is 0. The van der Waals surface area contributed by atoms with Crippen LogP contribution in [0.25, 0.3) is 0 Å². The first kappa shape index (κ1) is 22.9. The maximum Gasteiger partial charge on any atom is 0.414 e. The molecule has 0 fully saturated rings. The summed E-state index contributed by atoms with van der Waals surface area (Å²) in [5.74, 6) is -3.72. The van der Waals surface area contributed by atoms with Crippen molar-refractivity contribution in [2.75, 3.05) is 13.1 Å². The zero-order chi connectivity index (χ0) is 21.6. The smallest absolute Gasteiger partial charge is 0.414 e. The van der Waals surface area contributed by atoms with E-state index >= 15 is 0 Å². The second-order valence-electron chi connectivity index (χ2n) is 6.65. The van der Waals surface area contributed by atoms with Crippen LogP contribution in [0, 0.1) is 0 Å². The number of carbonyl (C=O) groups excluding carboxylic acids is 1. The Kier molecular flexibility index (Phi) is 8.19. The maximum absolute atomic E-state index is 12.2. The average Bonchev–Trinajstić information content (AvgIpc) is 3.13. The van der Waals surface area contributed by atoms with Crippen LogP contribution in [0.5, 0.6) is 0 Å². The molecule has 7 nitrogen and oxygen atoms in total. The number of nitrogens with one attached hydrogen (secondary N) is 1. The van der Waals surface area contributed by atoms with E-state index in [0.29, 0.717) is 29.2 Å². The van der Waals surface area contributed by atoms with Gasteiger partial charge in [-0.3, -0.25) is 9.69 Å². The molecule has 3 N–H and O–H groups in total. The zero-order valence-corrected chi connectivity index (χ0v) is 17.7. The number of carbonyl (C=O) groups is 3. The number of amides is 1. The Hall–Kier alpha value is -2.42. The first-order chi connectivity index (χ1) is 13.7. The van der Waals surface area contributed by atoms with Crippen LogP contribution in [-0.4, -0.2) is 52.1 Å². The number of hydrogen-bond donors (Lipinski definition) is 3. The van der Waals surface area contributed by atoms with E-state index in [0.717, 1.165) is 13.0 Å². The summed E-state index contributed by atoms with van der Waals surface area (Å²) in [5, 5.41) is 20.5. The number of aliphatic carboxylic acids is 2. The molecule has 0 saturated heterocycles. The standard InChI is InChI=1S/C18H21ClN2OS.C2H2O4/c1-12-10-14-6-9-23-17(14)13(2)21(12)8-7-20-18(22)15-4-3-5-16(19)11-15;3-1(4)2(5)6/h3-6,9,11-13H,7-8,10H2,1-2H3,(H,20,22);(H,3,4)(H,5,6). The monoisotopic (exact) mass is 438 g/mol. The van der Waals surface area contributed by atoms with Gasteiger partial charge >= 0.3 is 11.9 Å². The van der Waals surface area contributed by atoms with E-state index in [9.17, 15) is 4.79 Å². The van der Waals surface area contributed by atoms with Gasteiger partial charge in [0.1, 0.15) is 0 Å². The van der Waals surface area contributed by atoms with Crippen LogP contribution in [-0.2, 0) is 16.0 Å². The number of benzene rings is 1. The Morgan fingerprint density at radius 3 is 2.52 bits per heavy atom. The molecule has 2 atom stereocenters. The number of fused-ring (bicyclic) bond motifs is 1. The largest absolute Gasteiger partial charge is 0.473 e. The van der Waals surface area contributed by atoms with Crippen LogP contribution in [0.3, 0.4) is 0 Å². The first-order valence-electron chi connectivity index (χ1n) is 9.02. The van der Waals surface area contributed by atoms with Crippen molar-refractivity contribution in [1.29, 1.82) is 0 Å². The Bertz CT molecular complexity index is 873. The quantitative estimate of drug-likeness (QED) is 0.632. The molecule has 2 unspecified atom stereocenters. The van der Waals surface area contributed by atoms with E-state index in [1.165, 1.54) is 10.4 Å². The Morgan fingerprint density at radius 1 is 1.21 bits per heavy atom. The van der Waals surface area contributed by atoms with Crippen molar-refractivity contribution in [2.45, 2.75) is 32.4 Å². The lowest BCUT2D eigenvalue weighted by atomic mass is 9.97. The second-order valence-corrected chi connectivity index (χ2v) is 8.04. The lowest BCUT2D eigenvalue weighted by Crippen LogP contribution is -2.44. The highest BCUT2D eigenvalue weighted by molar-refractivity contribution is 7.10. The van der Waals surface area contributed by atoms with Crippen molar-refractivity contribution < 1.29 is 24.6 Å². The van der Waals surface area contributed by atoms with Gasteiger partial charge in [0, 0.05) is 40.6 Å². The zero-order valence-electron chi connectivity index (χ0n) is 16.1. The fourth-order valence-corrected chi connectivity index (χ4v) is 4.50. The van der Waals surface area contributed by atoms with Crippen LogP contribution < -0.4 is 5.32 Å². The Labute approximate surface area is 177 Å². The first-order valence-corrected chi connectivity index (χ1v) is 10.3. The maximum atomic E-state index is 12.2. The third kappa shape index (κ3) is 6.28. The van der Waals surface area contributed by atoms with Gasteiger partial charge in [-0.05, 0) is 55.5 Å². The summed E-state index contributed by atoms with van der Waals surface area (Å²) in [5.41, 5.74) is 2.09. The molecule has 1 amide bonds. The highest BCUT2D eigenvalue weighted by Crippen LogP contribution is 2.35. The van der Waals surface area contributed by atoms with Gasteiger partial charge in [0.05, 0.1) is 0 Å². The third-order valence-corrected chi connectivity index (χ3v) is 6.03. The molecule has 156 valence electrons. The molecule has 9 heteroatoms. The molecular formula is C20H23ClN2O5S. The van der Waals surface area contributed by atoms with Crippen LogP contribution in [0.4, 0.5) is 0 Å². The molecule has 0 spiro atoms. The van der Waals surface area contributed by atoms with Gasteiger partial charge in [-0.15, -0.1) is 11.3 Å². The van der Waals surface area contributed by atoms with Gasteiger partial charge < -0.3 is 15.5 Å². The number of rotatable bonds is 4. The topological polar surface area (TPSA) is 107 Å². The molecule has 1 aromatic carbocycles. The molecule has 1 aliphatic rings. The average molecular weight is 439 g/mol. The molecule has 3 rings (SSSR count). The molecule has 29 heavy (non-hydrogen) atoms. The van der Waals surface area contributed by atoms with Crippen molar-refractivity contribution in [1.82, 2.24) is 10.2 Å². The molecule has 0 saturated carbocycles. The fourth-order valence-electron chi connectivity index (χ4n) is 3.29. The minimum atomic E-state index is -1.82. The minimum Gasteiger partial charge on any atom is -0.473 e. The van der Waals surface area contributed by atoms with Gasteiger partial charge in [-0.2, -0.15) is 0 Å². The summed E-state index contributed by atoms with van der Waals surface area (Å²) in [6.45, 7) is 6.01. The van der Waals surface area contributed by atoms with Crippen molar-refractivity contribution >= 4 is 40.8 Å². The number of thiophene rings is 1. The fraction of sp³-hybridized carbons (Fsp3) is 0.350. The minimum absolute atomic E-state index is 0.0679. The van der Waals surface area contributed by atoms with Gasteiger partial charge in [0.15, 0.2) is 0 Å². The van der Waals surface area contributed by atoms with Gasteiger partial charge in [-0.25, -0.2) is 9.59 Å². The molecule has 1 aliphatic heterocycles. The summed E-state index contributed by atoms with van der Waals surface area (Å²) < 4.78 is 0. The Balaban J connectivity index is 0.000000438. The summed E-state index contributed by atoms with van der Waals surface area (Å²) >= 11 is 7.77. The predicted molar refractivity (Wildman–Crippen MR) is 112 cm³/mol. The summed E-state index contributed by atoms with van der Waals surface area (Å²) in [6, 6.07) is 10.2. The number of halogens is 1. The van der Waals surface area contributed by atoms with E-state index in [-0.39, 0.29) is 5.91 Å². The van der Waals surface area contributed by atoms with Crippen molar-refractivity contribution in [3.63, 3.8) is 0 Å². The molecular weight excluding hydrogens is 416 g/mol. The molecule has 0 aliphatic carbocycles. The van der Waals surface area contributed by atoms with Gasteiger partial charge in [0.25, 0.3) is 5.91 Å². The van der Waals surface area contributed by atoms with Gasteiger partial charge in [0.2, 0.25) is 0 Å². The normalized spacial score (nSPS) is 18.2. The predicted octanol–water partition coefficient (Wildman–Crippen LogP) is 3.29. The third-order valence-electron chi connectivity index (χ3n) is 4.66. The lowest BCUT2D eigenvalue weighted by molar-refractivity contribution is -0.159. The SMILES string of the molecule is CC1Cc2ccsc2C(C)N1CCNC(=O)c1cccc(Cl)c1.O=C(O)C(=O)O. The molecule has 0 bridgehead atoms. The van der Waals surface area contributed by atoms with Crippen LogP contribution >= 0.6 is 22.9 Å². The van der Waals surface area contributed by atoms with E-state index in [4.69, 9.17) is 31.4 Å². The highest BCUT2D eigenvalue weighted by atomic mass is 35.5. The summed E-state index contributed by atoms with van der Waals surface area (Å²) in [6.07, 6.45) is 1.09. The van der Waals surface area contributed by atoms with Crippen LogP contribution in [0.2, 0.25) is 5.02 Å². The Morgan fingerprint density at radius 2 is 1.90 bits per heavy atom.